The molecule has 1 heterocycles. The first-order valence-electron chi connectivity index (χ1n) is 6.28. The van der Waals surface area contributed by atoms with Gasteiger partial charge in [-0.25, -0.2) is 4.79 Å². The summed E-state index contributed by atoms with van der Waals surface area (Å²) in [6.07, 6.45) is 1.59. The van der Waals surface area contributed by atoms with Gasteiger partial charge in [0.2, 0.25) is 5.91 Å². The minimum atomic E-state index is -0.526. The van der Waals surface area contributed by atoms with Gasteiger partial charge in [0, 0.05) is 13.5 Å². The molecule has 0 aromatic carbocycles. The Bertz CT molecular complexity index is 317. The number of thiol groups is 1. The summed E-state index contributed by atoms with van der Waals surface area (Å²) in [6.45, 7) is 2.89. The summed E-state index contributed by atoms with van der Waals surface area (Å²) in [5, 5.41) is 2.58. The van der Waals surface area contributed by atoms with Crippen LogP contribution in [0, 0.1) is 5.41 Å². The van der Waals surface area contributed by atoms with E-state index in [2.05, 4.69) is 18.2 Å². The SMILES string of the molecule is CCC(COC)(COS)COC(=O)C1CCC(=O)N1. The number of hydrogen-bond donors (Lipinski definition) is 2. The number of carbonyl (C=O) groups is 2. The Balaban J connectivity index is 2.50. The summed E-state index contributed by atoms with van der Waals surface area (Å²) in [6, 6.07) is -0.526. The largest absolute Gasteiger partial charge is 0.463 e. The molecule has 0 spiro atoms. The standard InChI is InChI=1S/C12H21NO5S/c1-3-12(6-16-2,8-18-19)7-17-11(15)9-4-5-10(14)13-9/h9,19H,3-8H2,1-2H3,(H,13,14). The van der Waals surface area contributed by atoms with Crippen molar-refractivity contribution >= 4 is 24.8 Å². The zero-order valence-corrected chi connectivity index (χ0v) is 12.2. The molecule has 0 radical (unpaired) electrons. The molecule has 1 rings (SSSR count). The molecule has 1 N–H and O–H groups in total. The van der Waals surface area contributed by atoms with Crippen molar-refractivity contribution in [2.75, 3.05) is 26.9 Å². The molecule has 0 aliphatic carbocycles. The fraction of sp³-hybridized carbons (Fsp3) is 0.833. The lowest BCUT2D eigenvalue weighted by Crippen LogP contribution is -2.40. The Labute approximate surface area is 118 Å². The Hall–Kier alpha value is -0.790. The fourth-order valence-corrected chi connectivity index (χ4v) is 2.26. The van der Waals surface area contributed by atoms with Gasteiger partial charge in [0.1, 0.15) is 12.6 Å². The minimum absolute atomic E-state index is 0.112. The third-order valence-corrected chi connectivity index (χ3v) is 3.50. The maximum absolute atomic E-state index is 11.8. The number of hydrogen-bond acceptors (Lipinski definition) is 6. The molecular weight excluding hydrogens is 270 g/mol. The van der Waals surface area contributed by atoms with E-state index in [0.29, 0.717) is 26.1 Å². The molecule has 1 saturated heterocycles. The lowest BCUT2D eigenvalue weighted by Gasteiger charge is -2.30. The average Bonchev–Trinajstić information content (AvgIpc) is 2.83. The van der Waals surface area contributed by atoms with Crippen LogP contribution in [0.15, 0.2) is 0 Å². The molecule has 7 heteroatoms. The van der Waals surface area contributed by atoms with E-state index in [9.17, 15) is 9.59 Å². The number of amides is 1. The maximum atomic E-state index is 11.8. The van der Waals surface area contributed by atoms with E-state index >= 15 is 0 Å². The number of ether oxygens (including phenoxy) is 2. The fourth-order valence-electron chi connectivity index (χ4n) is 1.99. The second-order valence-electron chi connectivity index (χ2n) is 4.83. The van der Waals surface area contributed by atoms with E-state index in [1.807, 2.05) is 6.92 Å². The van der Waals surface area contributed by atoms with Gasteiger partial charge in [-0.1, -0.05) is 6.92 Å². The van der Waals surface area contributed by atoms with Crippen molar-refractivity contribution in [1.82, 2.24) is 5.32 Å². The first-order valence-corrected chi connectivity index (χ1v) is 6.64. The first kappa shape index (κ1) is 16.3. The van der Waals surface area contributed by atoms with Crippen molar-refractivity contribution in [3.63, 3.8) is 0 Å². The third-order valence-electron chi connectivity index (χ3n) is 3.37. The normalized spacial score (nSPS) is 21.8. The second kappa shape index (κ2) is 7.72. The van der Waals surface area contributed by atoms with Gasteiger partial charge in [0.15, 0.2) is 0 Å². The van der Waals surface area contributed by atoms with Crippen LogP contribution in [0.25, 0.3) is 0 Å². The molecule has 0 aromatic heterocycles. The molecule has 1 fully saturated rings. The third kappa shape index (κ3) is 4.67. The highest BCUT2D eigenvalue weighted by molar-refractivity contribution is 7.75. The Kier molecular flexibility index (Phi) is 6.60. The van der Waals surface area contributed by atoms with Gasteiger partial charge in [-0.3, -0.25) is 4.79 Å². The lowest BCUT2D eigenvalue weighted by molar-refractivity contribution is -0.152. The van der Waals surface area contributed by atoms with E-state index in [1.54, 1.807) is 7.11 Å². The van der Waals surface area contributed by atoms with Crippen molar-refractivity contribution in [1.29, 1.82) is 0 Å². The van der Waals surface area contributed by atoms with Crippen LogP contribution in [0.3, 0.4) is 0 Å². The van der Waals surface area contributed by atoms with Gasteiger partial charge in [0.05, 0.1) is 18.6 Å². The zero-order valence-electron chi connectivity index (χ0n) is 11.3. The van der Waals surface area contributed by atoms with Crippen LogP contribution in [0.5, 0.6) is 0 Å². The molecule has 0 aromatic rings. The van der Waals surface area contributed by atoms with Crippen LogP contribution in [-0.4, -0.2) is 44.8 Å². The summed E-state index contributed by atoms with van der Waals surface area (Å²) < 4.78 is 15.3. The lowest BCUT2D eigenvalue weighted by atomic mass is 9.88. The van der Waals surface area contributed by atoms with Crippen LogP contribution in [0.2, 0.25) is 0 Å². The van der Waals surface area contributed by atoms with Crippen molar-refractivity contribution in [2.24, 2.45) is 5.41 Å². The Morgan fingerprint density at radius 1 is 1.47 bits per heavy atom. The van der Waals surface area contributed by atoms with Gasteiger partial charge in [-0.2, -0.15) is 0 Å². The molecule has 19 heavy (non-hydrogen) atoms. The maximum Gasteiger partial charge on any atom is 0.328 e. The summed E-state index contributed by atoms with van der Waals surface area (Å²) in [5.41, 5.74) is -0.408. The molecule has 6 nitrogen and oxygen atoms in total. The minimum Gasteiger partial charge on any atom is -0.463 e. The molecule has 2 unspecified atom stereocenters. The number of nitrogens with one attached hydrogen (secondary N) is 1. The monoisotopic (exact) mass is 291 g/mol. The molecular formula is C12H21NO5S. The predicted molar refractivity (Wildman–Crippen MR) is 71.7 cm³/mol. The summed E-state index contributed by atoms with van der Waals surface area (Å²) in [7, 11) is 1.59. The smallest absolute Gasteiger partial charge is 0.328 e. The molecule has 1 aliphatic rings. The van der Waals surface area contributed by atoms with E-state index in [1.165, 1.54) is 0 Å². The van der Waals surface area contributed by atoms with Gasteiger partial charge in [-0.15, -0.1) is 0 Å². The molecule has 2 atom stereocenters. The summed E-state index contributed by atoms with van der Waals surface area (Å²) in [5.74, 6) is -0.516. The average molecular weight is 291 g/mol. The van der Waals surface area contributed by atoms with Crippen LogP contribution in [0.4, 0.5) is 0 Å². The molecule has 0 saturated carbocycles. The van der Waals surface area contributed by atoms with Crippen LogP contribution in [-0.2, 0) is 23.2 Å². The first-order chi connectivity index (χ1) is 9.06. The number of rotatable bonds is 8. The topological polar surface area (TPSA) is 73.9 Å². The van der Waals surface area contributed by atoms with Crippen molar-refractivity contribution in [3.8, 4) is 0 Å². The highest BCUT2D eigenvalue weighted by atomic mass is 32.1. The van der Waals surface area contributed by atoms with E-state index in [4.69, 9.17) is 13.7 Å². The number of esters is 1. The van der Waals surface area contributed by atoms with Crippen LogP contribution < -0.4 is 5.32 Å². The quantitative estimate of drug-likeness (QED) is 0.391. The van der Waals surface area contributed by atoms with Gasteiger partial charge < -0.3 is 19.0 Å². The highest BCUT2D eigenvalue weighted by Crippen LogP contribution is 2.24. The van der Waals surface area contributed by atoms with Gasteiger partial charge >= 0.3 is 5.97 Å². The molecule has 1 aliphatic heterocycles. The van der Waals surface area contributed by atoms with Gasteiger partial charge in [0.25, 0.3) is 0 Å². The van der Waals surface area contributed by atoms with E-state index < -0.39 is 17.4 Å². The zero-order chi connectivity index (χ0) is 14.3. The Morgan fingerprint density at radius 3 is 2.68 bits per heavy atom. The molecule has 0 bridgehead atoms. The van der Waals surface area contributed by atoms with Crippen LogP contribution in [0.1, 0.15) is 26.2 Å². The van der Waals surface area contributed by atoms with Crippen molar-refractivity contribution < 1.29 is 23.2 Å². The van der Waals surface area contributed by atoms with E-state index in [-0.39, 0.29) is 12.5 Å². The number of methoxy groups -OCH3 is 1. The highest BCUT2D eigenvalue weighted by Gasteiger charge is 2.34. The van der Waals surface area contributed by atoms with Crippen molar-refractivity contribution in [3.05, 3.63) is 0 Å². The van der Waals surface area contributed by atoms with Crippen LogP contribution >= 0.6 is 12.9 Å². The molecule has 110 valence electrons. The predicted octanol–water partition coefficient (Wildman–Crippen LogP) is 0.712. The summed E-state index contributed by atoms with van der Waals surface area (Å²) in [4.78, 5) is 22.9. The second-order valence-corrected chi connectivity index (χ2v) is 5.08. The number of carbonyl (C=O) groups excluding carboxylic acids is 2. The summed E-state index contributed by atoms with van der Waals surface area (Å²) >= 11 is 3.75. The van der Waals surface area contributed by atoms with E-state index in [0.717, 1.165) is 6.42 Å². The van der Waals surface area contributed by atoms with Gasteiger partial charge in [-0.05, 0) is 25.8 Å². The Morgan fingerprint density at radius 2 is 2.21 bits per heavy atom. The molecule has 1 amide bonds. The van der Waals surface area contributed by atoms with Crippen molar-refractivity contribution in [2.45, 2.75) is 32.2 Å².